The number of thiazole rings is 1. The third-order valence-corrected chi connectivity index (χ3v) is 20.3. The number of carbonyl (C=O) groups is 7. The first-order chi connectivity index (χ1) is 38.4. The number of rotatable bonds is 27. The topological polar surface area (TPSA) is 251 Å². The van der Waals surface area contributed by atoms with Gasteiger partial charge in [0.05, 0.1) is 53.9 Å². The van der Waals surface area contributed by atoms with E-state index in [2.05, 4.69) is 29.5 Å². The molecule has 18 nitrogen and oxygen atoms in total. The van der Waals surface area contributed by atoms with Crippen LogP contribution in [0.2, 0.25) is 0 Å². The number of hydrogen-bond donors (Lipinski definition) is 5. The molecule has 5 aliphatic carbocycles. The number of benzene rings is 1. The van der Waals surface area contributed by atoms with Crippen LogP contribution in [0.3, 0.4) is 0 Å². The Balaban J connectivity index is 0.766. The van der Waals surface area contributed by atoms with Crippen LogP contribution in [-0.2, 0) is 38.2 Å². The Morgan fingerprint density at radius 3 is 2.30 bits per heavy atom. The van der Waals surface area contributed by atoms with Crippen molar-refractivity contribution in [1.82, 2.24) is 25.4 Å². The van der Waals surface area contributed by atoms with Crippen molar-refractivity contribution in [3.63, 3.8) is 0 Å². The molecule has 7 rings (SSSR count). The van der Waals surface area contributed by atoms with Crippen LogP contribution < -0.4 is 15.4 Å². The molecule has 0 radical (unpaired) electrons. The van der Waals surface area contributed by atoms with Gasteiger partial charge in [-0.2, -0.15) is 0 Å². The maximum absolute atomic E-state index is 13.6. The number of carboxylic acids is 1. The number of aromatic nitrogens is 1. The van der Waals surface area contributed by atoms with Crippen molar-refractivity contribution in [2.24, 2.45) is 52.3 Å². The lowest BCUT2D eigenvalue weighted by molar-refractivity contribution is -0.143. The van der Waals surface area contributed by atoms with E-state index in [0.29, 0.717) is 83.4 Å². The lowest BCUT2D eigenvalue weighted by Crippen LogP contribution is -2.55. The summed E-state index contributed by atoms with van der Waals surface area (Å²) in [6.45, 7) is 16.4. The minimum atomic E-state index is -1.09. The van der Waals surface area contributed by atoms with Gasteiger partial charge in [-0.25, -0.2) is 14.6 Å². The normalized spacial score (nSPS) is 26.4. The van der Waals surface area contributed by atoms with Gasteiger partial charge in [0, 0.05) is 86.3 Å². The van der Waals surface area contributed by atoms with Crippen molar-refractivity contribution in [1.29, 1.82) is 0 Å². The summed E-state index contributed by atoms with van der Waals surface area (Å²) in [6.07, 6.45) is 9.13. The number of hydrogen-bond acceptors (Lipinski definition) is 14. The second-order valence-corrected chi connectivity index (χ2v) is 26.3. The highest BCUT2D eigenvalue weighted by molar-refractivity contribution is 7.18. The van der Waals surface area contributed by atoms with Crippen molar-refractivity contribution in [3.8, 4) is 5.75 Å². The van der Waals surface area contributed by atoms with E-state index in [9.17, 15) is 48.9 Å². The number of nitrogens with zero attached hydrogens (tertiary/aromatic N) is 3. The Hall–Kier alpha value is -5.08. The number of Topliss-reactive ketones (excluding diaryl/α,β-unsaturated/α-hetero) is 2. The molecule has 0 spiro atoms. The van der Waals surface area contributed by atoms with Gasteiger partial charge in [0.15, 0.2) is 11.6 Å². The SMILES string of the molecule is CC1=C(C)C(=O)C(C(C)(C)CC(=O)N(C)CCN(CCOCCOCCC(=O)NCCCCC(NC(=O)CC[C@@H](C)[C@H]2CC[C@@H]3C2[C@@H](O)C[C@H]2[C@H]3CC[C@@H]3C[C@H](O)CC[C@@]32C)C(=O)O)C(=O)Oc2ccc3nc(C)sc3c2)=C(C)C1=O. The maximum Gasteiger partial charge on any atom is 0.415 e. The Labute approximate surface area is 482 Å². The molecule has 4 amide bonds. The van der Waals surface area contributed by atoms with Crippen LogP contribution in [0.4, 0.5) is 4.79 Å². The van der Waals surface area contributed by atoms with Crippen LogP contribution in [0.15, 0.2) is 40.5 Å². The lowest BCUT2D eigenvalue weighted by atomic mass is 9.46. The summed E-state index contributed by atoms with van der Waals surface area (Å²) in [7, 11) is 1.62. The number of ketones is 2. The summed E-state index contributed by atoms with van der Waals surface area (Å²) >= 11 is 1.48. The molecule has 5 N–H and O–H groups in total. The van der Waals surface area contributed by atoms with Gasteiger partial charge in [0.1, 0.15) is 11.8 Å². The zero-order chi connectivity index (χ0) is 58.9. The number of fused-ring (bicyclic) bond motifs is 6. The zero-order valence-electron chi connectivity index (χ0n) is 49.4. The average Bonchev–Trinajstić information content (AvgIpc) is 2.91. The first-order valence-electron chi connectivity index (χ1n) is 29.8. The molecule has 1 aromatic carbocycles. The predicted octanol–water partition coefficient (Wildman–Crippen LogP) is 8.38. The van der Waals surface area contributed by atoms with Gasteiger partial charge in [0.2, 0.25) is 17.7 Å². The highest BCUT2D eigenvalue weighted by atomic mass is 32.1. The zero-order valence-corrected chi connectivity index (χ0v) is 50.3. The molecule has 4 fully saturated rings. The third kappa shape index (κ3) is 15.6. The van der Waals surface area contributed by atoms with E-state index in [1.807, 2.05) is 6.92 Å². The summed E-state index contributed by atoms with van der Waals surface area (Å²) in [4.78, 5) is 98.7. The summed E-state index contributed by atoms with van der Waals surface area (Å²) < 4.78 is 18.1. The van der Waals surface area contributed by atoms with Crippen LogP contribution >= 0.6 is 11.3 Å². The van der Waals surface area contributed by atoms with Crippen LogP contribution in [0.1, 0.15) is 150 Å². The fraction of sp³-hybridized carbons (Fsp3) is 0.710. The smallest absolute Gasteiger partial charge is 0.415 e. The number of aliphatic carboxylic acids is 1. The van der Waals surface area contributed by atoms with E-state index in [1.165, 1.54) is 27.6 Å². The molecule has 11 atom stereocenters. The molecule has 2 unspecified atom stereocenters. The van der Waals surface area contributed by atoms with E-state index >= 15 is 0 Å². The van der Waals surface area contributed by atoms with Crippen LogP contribution in [0.5, 0.6) is 5.75 Å². The monoisotopic (exact) mass is 1150 g/mol. The minimum absolute atomic E-state index is 0.0335. The average molecular weight is 1150 g/mol. The predicted molar refractivity (Wildman–Crippen MR) is 308 cm³/mol. The Morgan fingerprint density at radius 2 is 1.56 bits per heavy atom. The van der Waals surface area contributed by atoms with Gasteiger partial charge < -0.3 is 50.0 Å². The number of unbranched alkanes of at least 4 members (excludes halogenated alkanes) is 1. The van der Waals surface area contributed by atoms with Crippen molar-refractivity contribution >= 4 is 62.9 Å². The molecule has 5 aliphatic rings. The molecule has 0 aliphatic heterocycles. The summed E-state index contributed by atoms with van der Waals surface area (Å²) in [5.41, 5.74) is 1.54. The largest absolute Gasteiger partial charge is 0.480 e. The van der Waals surface area contributed by atoms with Crippen LogP contribution in [0, 0.1) is 59.2 Å². The fourth-order valence-corrected chi connectivity index (χ4v) is 15.5. The number of nitrogens with one attached hydrogen (secondary N) is 2. The second kappa shape index (κ2) is 28.0. The molecule has 19 heteroatoms. The number of aliphatic hydroxyl groups is 2. The Bertz CT molecular complexity index is 2680. The van der Waals surface area contributed by atoms with Gasteiger partial charge in [-0.15, -0.1) is 11.3 Å². The summed E-state index contributed by atoms with van der Waals surface area (Å²) in [6, 6.07) is 4.19. The van der Waals surface area contributed by atoms with Crippen LogP contribution in [-0.4, -0.2) is 149 Å². The Kier molecular flexibility index (Phi) is 21.9. The van der Waals surface area contributed by atoms with E-state index in [0.717, 1.165) is 60.2 Å². The van der Waals surface area contributed by atoms with Gasteiger partial charge in [0.25, 0.3) is 0 Å². The van der Waals surface area contributed by atoms with E-state index in [1.54, 1.807) is 59.9 Å². The summed E-state index contributed by atoms with van der Waals surface area (Å²) in [5.74, 6) is 1.00. The van der Waals surface area contributed by atoms with Crippen molar-refractivity contribution in [2.75, 3.05) is 59.7 Å². The second-order valence-electron chi connectivity index (χ2n) is 25.1. The Morgan fingerprint density at radius 1 is 0.840 bits per heavy atom. The molecule has 4 saturated carbocycles. The fourth-order valence-electron chi connectivity index (χ4n) is 14.6. The standard InChI is InChI=1S/C62H91N5O13S/c1-36(44-17-18-46-45-16-14-41-32-42(68)21-23-62(41,8)47(45)34-50(69)55(44)46)13-20-53(71)65-49(59(75)76)12-10-11-24-63-52(70)22-28-78-30-31-79-29-27-67(60(77)80-43-15-19-48-51(33-43)81-40(5)64-48)26-25-66(9)54(72)35-61(6,7)56-39(4)57(73)37(2)38(3)58(56)74/h15,19,33,36,41-42,44-47,49-50,55,68-69H,10-14,16-18,20-32,34-35H2,1-9H3,(H,63,70)(H,65,71)(H,75,76)/t36-,41-,42-,44-,45+,46+,47+,49?,50+,55?,62+/m1/s1. The molecule has 81 heavy (non-hydrogen) atoms. The number of likely N-dealkylation sites (N-methyl/N-ethyl adjacent to an activating group) is 1. The van der Waals surface area contributed by atoms with Gasteiger partial charge in [-0.05, 0) is 164 Å². The number of amides is 4. The molecule has 2 aromatic rings. The first kappa shape index (κ1) is 63.5. The molecular formula is C62H91N5O13S. The third-order valence-electron chi connectivity index (χ3n) is 19.3. The molecule has 448 valence electrons. The highest BCUT2D eigenvalue weighted by Crippen LogP contribution is 2.64. The number of ether oxygens (including phenoxy) is 3. The number of allylic oxidation sites excluding steroid dienone is 4. The first-order valence-corrected chi connectivity index (χ1v) is 30.6. The van der Waals surface area contributed by atoms with Crippen molar-refractivity contribution in [3.05, 3.63) is 45.5 Å². The van der Waals surface area contributed by atoms with E-state index < -0.39 is 23.5 Å². The molecular weight excluding hydrogens is 1050 g/mol. The van der Waals surface area contributed by atoms with E-state index in [4.69, 9.17) is 14.2 Å². The minimum Gasteiger partial charge on any atom is -0.480 e. The lowest BCUT2D eigenvalue weighted by Gasteiger charge is -2.59. The van der Waals surface area contributed by atoms with Gasteiger partial charge in [-0.1, -0.05) is 27.7 Å². The molecule has 0 saturated heterocycles. The molecule has 0 bridgehead atoms. The van der Waals surface area contributed by atoms with E-state index in [-0.39, 0.29) is 130 Å². The molecule has 1 aromatic heterocycles. The quantitative estimate of drug-likeness (QED) is 0.0416. The number of carboxylic acid groups (broad SMARTS) is 1. The highest BCUT2D eigenvalue weighted by Gasteiger charge is 2.59. The van der Waals surface area contributed by atoms with Gasteiger partial charge >= 0.3 is 12.1 Å². The van der Waals surface area contributed by atoms with Crippen LogP contribution in [0.25, 0.3) is 10.2 Å². The number of aliphatic hydroxyl groups excluding tert-OH is 2. The molecule has 1 heterocycles. The number of carbonyl (C=O) groups excluding carboxylic acids is 6. The van der Waals surface area contributed by atoms with Crippen molar-refractivity contribution in [2.45, 2.75) is 170 Å². The number of aryl methyl sites for hydroxylation is 1. The maximum atomic E-state index is 13.6. The van der Waals surface area contributed by atoms with Gasteiger partial charge in [-0.3, -0.25) is 24.0 Å². The van der Waals surface area contributed by atoms with Crippen molar-refractivity contribution < 1.29 is 63.1 Å². The summed E-state index contributed by atoms with van der Waals surface area (Å²) in [5, 5.41) is 38.5.